The first kappa shape index (κ1) is 25.4. The molecule has 2 saturated heterocycles. The predicted octanol–water partition coefficient (Wildman–Crippen LogP) is 4.55. The lowest BCUT2D eigenvalue weighted by atomic mass is 9.90. The van der Waals surface area contributed by atoms with Gasteiger partial charge in [0, 0.05) is 0 Å². The Kier molecular flexibility index (Phi) is 7.11. The number of fused-ring (bicyclic) bond motifs is 1. The summed E-state index contributed by atoms with van der Waals surface area (Å²) in [6, 6.07) is 19.3. The van der Waals surface area contributed by atoms with Crippen molar-refractivity contribution >= 4 is 23.2 Å². The molecule has 0 saturated carbocycles. The minimum atomic E-state index is -0.997. The number of para-hydroxylation sites is 1. The monoisotopic (exact) mass is 518 g/mol. The predicted molar refractivity (Wildman–Crippen MR) is 141 cm³/mol. The number of carbonyl (C=O) groups is 2. The number of hydrogen-bond donors (Lipinski definition) is 0. The summed E-state index contributed by atoms with van der Waals surface area (Å²) in [4.78, 5) is 35.0. The highest BCUT2D eigenvalue weighted by Crippen LogP contribution is 2.50. The molecule has 0 aromatic heterocycles. The lowest BCUT2D eigenvalue weighted by Gasteiger charge is -2.29. The van der Waals surface area contributed by atoms with Crippen LogP contribution in [0, 0.1) is 5.92 Å². The van der Waals surface area contributed by atoms with E-state index in [9.17, 15) is 9.59 Å². The smallest absolute Gasteiger partial charge is 0.266 e. The fraction of sp³-hybridized carbons (Fsp3) is 0.310. The second-order valence-corrected chi connectivity index (χ2v) is 8.97. The fourth-order valence-corrected chi connectivity index (χ4v) is 4.99. The number of hydroxylamine groups is 1. The van der Waals surface area contributed by atoms with E-state index in [1.165, 1.54) is 26.2 Å². The standard InChI is InChI=1S/C29H30N2O7/c1-5-15-37-21-13-11-19(12-14-21)30-28(32)24-25(18-16-22(34-2)26(36-4)23(17-18)35-3)31(38-27(24)29(30)33)20-9-7-6-8-10-20/h6-14,16-17,24-25,27H,5,15H2,1-4H3/t24-,25+,27-/m0/s1. The normalized spacial score (nSPS) is 20.5. The van der Waals surface area contributed by atoms with Crippen LogP contribution in [0.1, 0.15) is 24.9 Å². The van der Waals surface area contributed by atoms with Gasteiger partial charge in [0.15, 0.2) is 17.6 Å². The summed E-state index contributed by atoms with van der Waals surface area (Å²) in [5.74, 6) is 0.418. The number of hydrogen-bond acceptors (Lipinski definition) is 8. The first-order valence-electron chi connectivity index (χ1n) is 12.4. The molecule has 38 heavy (non-hydrogen) atoms. The zero-order chi connectivity index (χ0) is 26.8. The van der Waals surface area contributed by atoms with E-state index in [0.717, 1.165) is 6.42 Å². The van der Waals surface area contributed by atoms with E-state index in [-0.39, 0.29) is 5.91 Å². The van der Waals surface area contributed by atoms with Gasteiger partial charge in [0.1, 0.15) is 11.7 Å². The minimum Gasteiger partial charge on any atom is -0.494 e. The van der Waals surface area contributed by atoms with Crippen molar-refractivity contribution in [2.24, 2.45) is 5.92 Å². The highest BCUT2D eigenvalue weighted by molar-refractivity contribution is 6.24. The summed E-state index contributed by atoms with van der Waals surface area (Å²) < 4.78 is 22.3. The molecule has 0 unspecified atom stereocenters. The van der Waals surface area contributed by atoms with E-state index in [2.05, 4.69) is 0 Å². The Balaban J connectivity index is 1.56. The third kappa shape index (κ3) is 4.28. The van der Waals surface area contributed by atoms with E-state index in [1.807, 2.05) is 37.3 Å². The number of imide groups is 1. The first-order valence-corrected chi connectivity index (χ1v) is 12.4. The number of amides is 2. The van der Waals surface area contributed by atoms with Crippen molar-refractivity contribution < 1.29 is 33.4 Å². The third-order valence-electron chi connectivity index (χ3n) is 6.72. The van der Waals surface area contributed by atoms with Gasteiger partial charge in [-0.3, -0.25) is 14.4 Å². The van der Waals surface area contributed by atoms with Crippen LogP contribution in [0.2, 0.25) is 0 Å². The molecular formula is C29H30N2O7. The molecule has 198 valence electrons. The SMILES string of the molecule is CCCOc1ccc(N2C(=O)[C@@H]3[C@H](ON(c4ccccc4)[C@@H]3c3cc(OC)c(OC)c(OC)c3)C2=O)cc1. The van der Waals surface area contributed by atoms with Crippen molar-refractivity contribution in [1.82, 2.24) is 0 Å². The summed E-state index contributed by atoms with van der Waals surface area (Å²) in [6.45, 7) is 2.61. The second-order valence-electron chi connectivity index (χ2n) is 8.97. The molecule has 5 rings (SSSR count). The number of rotatable bonds is 9. The molecule has 9 nitrogen and oxygen atoms in total. The second kappa shape index (κ2) is 10.6. The fourth-order valence-electron chi connectivity index (χ4n) is 4.99. The van der Waals surface area contributed by atoms with Crippen molar-refractivity contribution in [2.75, 3.05) is 37.9 Å². The molecule has 3 aromatic rings. The number of carbonyl (C=O) groups excluding carboxylic acids is 2. The van der Waals surface area contributed by atoms with Gasteiger partial charge < -0.3 is 18.9 Å². The van der Waals surface area contributed by atoms with E-state index in [4.69, 9.17) is 23.8 Å². The van der Waals surface area contributed by atoms with Crippen LogP contribution in [0.15, 0.2) is 66.7 Å². The van der Waals surface area contributed by atoms with Crippen molar-refractivity contribution in [2.45, 2.75) is 25.5 Å². The Hall–Kier alpha value is -4.24. The van der Waals surface area contributed by atoms with Gasteiger partial charge in [-0.25, -0.2) is 9.96 Å². The average Bonchev–Trinajstić information content (AvgIpc) is 3.47. The summed E-state index contributed by atoms with van der Waals surface area (Å²) >= 11 is 0. The topological polar surface area (TPSA) is 86.8 Å². The molecule has 2 aliphatic heterocycles. The molecule has 3 aromatic carbocycles. The van der Waals surface area contributed by atoms with Crippen LogP contribution < -0.4 is 28.9 Å². The molecule has 9 heteroatoms. The van der Waals surface area contributed by atoms with Gasteiger partial charge in [0.2, 0.25) is 11.7 Å². The van der Waals surface area contributed by atoms with Crippen molar-refractivity contribution in [3.05, 3.63) is 72.3 Å². The van der Waals surface area contributed by atoms with Crippen LogP contribution in [0.4, 0.5) is 11.4 Å². The number of benzene rings is 3. The molecule has 2 amide bonds. The Morgan fingerprint density at radius 2 is 1.47 bits per heavy atom. The summed E-state index contributed by atoms with van der Waals surface area (Å²) in [5.41, 5.74) is 1.86. The molecule has 0 radical (unpaired) electrons. The number of ether oxygens (including phenoxy) is 4. The van der Waals surface area contributed by atoms with E-state index in [0.29, 0.717) is 46.5 Å². The lowest BCUT2D eigenvalue weighted by Crippen LogP contribution is -2.37. The van der Waals surface area contributed by atoms with Gasteiger partial charge in [0.25, 0.3) is 5.91 Å². The molecule has 0 aliphatic carbocycles. The maximum atomic E-state index is 13.9. The third-order valence-corrected chi connectivity index (χ3v) is 6.72. The Labute approximate surface area is 221 Å². The van der Waals surface area contributed by atoms with Crippen molar-refractivity contribution in [3.63, 3.8) is 0 Å². The van der Waals surface area contributed by atoms with Gasteiger partial charge in [-0.2, -0.15) is 0 Å². The maximum Gasteiger partial charge on any atom is 0.266 e. The Morgan fingerprint density at radius 1 is 0.816 bits per heavy atom. The number of methoxy groups -OCH3 is 3. The van der Waals surface area contributed by atoms with Crippen molar-refractivity contribution in [1.29, 1.82) is 0 Å². The average molecular weight is 519 g/mol. The highest BCUT2D eigenvalue weighted by atomic mass is 16.7. The van der Waals surface area contributed by atoms with Gasteiger partial charge in [0.05, 0.1) is 45.4 Å². The molecule has 0 bridgehead atoms. The summed E-state index contributed by atoms with van der Waals surface area (Å²) in [7, 11) is 4.59. The van der Waals surface area contributed by atoms with Gasteiger partial charge in [-0.15, -0.1) is 0 Å². The zero-order valence-electron chi connectivity index (χ0n) is 21.7. The van der Waals surface area contributed by atoms with Crippen LogP contribution >= 0.6 is 0 Å². The number of anilines is 2. The van der Waals surface area contributed by atoms with Crippen molar-refractivity contribution in [3.8, 4) is 23.0 Å². The van der Waals surface area contributed by atoms with Gasteiger partial charge in [-0.05, 0) is 60.5 Å². The molecule has 2 heterocycles. The first-order chi connectivity index (χ1) is 18.5. The highest BCUT2D eigenvalue weighted by Gasteiger charge is 2.60. The van der Waals surface area contributed by atoms with E-state index >= 15 is 0 Å². The van der Waals surface area contributed by atoms with E-state index in [1.54, 1.807) is 41.5 Å². The summed E-state index contributed by atoms with van der Waals surface area (Å²) in [5, 5.41) is 1.63. The maximum absolute atomic E-state index is 13.9. The largest absolute Gasteiger partial charge is 0.494 e. The summed E-state index contributed by atoms with van der Waals surface area (Å²) in [6.07, 6.45) is -0.117. The van der Waals surface area contributed by atoms with Gasteiger partial charge >= 0.3 is 0 Å². The lowest BCUT2D eigenvalue weighted by molar-refractivity contribution is -0.126. The molecule has 2 fully saturated rings. The zero-order valence-corrected chi connectivity index (χ0v) is 21.7. The Morgan fingerprint density at radius 3 is 2.05 bits per heavy atom. The van der Waals surface area contributed by atoms with Crippen LogP contribution in [-0.2, 0) is 14.4 Å². The quantitative estimate of drug-likeness (QED) is 0.382. The number of nitrogens with zero attached hydrogens (tertiary/aromatic N) is 2. The van der Waals surface area contributed by atoms with Gasteiger partial charge in [-0.1, -0.05) is 25.1 Å². The van der Waals surface area contributed by atoms with Crippen LogP contribution in [0.25, 0.3) is 0 Å². The van der Waals surface area contributed by atoms with Crippen LogP contribution in [0.3, 0.4) is 0 Å². The molecule has 2 aliphatic rings. The van der Waals surface area contributed by atoms with E-state index < -0.39 is 24.0 Å². The molecular weight excluding hydrogens is 488 g/mol. The minimum absolute atomic E-state index is 0.348. The van der Waals surface area contributed by atoms with Crippen LogP contribution in [0.5, 0.6) is 23.0 Å². The molecule has 0 N–H and O–H groups in total. The Bertz CT molecular complexity index is 1290. The van der Waals surface area contributed by atoms with Crippen LogP contribution in [-0.4, -0.2) is 45.9 Å². The molecule has 3 atom stereocenters. The molecule has 0 spiro atoms.